The molecule has 0 aliphatic rings. The van der Waals surface area contributed by atoms with Gasteiger partial charge in [-0.1, -0.05) is 52.8 Å². The highest BCUT2D eigenvalue weighted by molar-refractivity contribution is 5.75. The van der Waals surface area contributed by atoms with Crippen LogP contribution in [0.5, 0.6) is 5.75 Å². The molecule has 1 aromatic rings. The third-order valence-electron chi connectivity index (χ3n) is 4.05. The molecular formula is C19H30O3. The molecule has 0 fully saturated rings. The van der Waals surface area contributed by atoms with Crippen LogP contribution in [0.4, 0.5) is 0 Å². The van der Waals surface area contributed by atoms with E-state index in [-0.39, 0.29) is 23.2 Å². The molecule has 0 bridgehead atoms. The summed E-state index contributed by atoms with van der Waals surface area (Å²) in [5.74, 6) is 0.836. The molecule has 0 amide bonds. The average Bonchev–Trinajstić information content (AvgIpc) is 2.43. The molecule has 0 saturated carbocycles. The summed E-state index contributed by atoms with van der Waals surface area (Å²) in [5.41, 5.74) is 0.884. The van der Waals surface area contributed by atoms with Gasteiger partial charge in [0, 0.05) is 5.92 Å². The van der Waals surface area contributed by atoms with Crippen LogP contribution < -0.4 is 4.74 Å². The third-order valence-corrected chi connectivity index (χ3v) is 4.05. The zero-order valence-electron chi connectivity index (χ0n) is 15.0. The molecule has 0 radical (unpaired) electrons. The van der Waals surface area contributed by atoms with Crippen LogP contribution in [0.2, 0.25) is 0 Å². The number of hydrogen-bond donors (Lipinski definition) is 0. The predicted molar refractivity (Wildman–Crippen MR) is 90.2 cm³/mol. The fraction of sp³-hybridized carbons (Fsp3) is 0.632. The lowest BCUT2D eigenvalue weighted by atomic mass is 9.66. The normalized spacial score (nSPS) is 14.5. The number of carbonyl (C=O) groups is 1. The molecule has 0 N–H and O–H groups in total. The van der Waals surface area contributed by atoms with Crippen molar-refractivity contribution in [2.45, 2.75) is 47.5 Å². The molecule has 3 nitrogen and oxygen atoms in total. The van der Waals surface area contributed by atoms with Gasteiger partial charge in [0.15, 0.2) is 0 Å². The van der Waals surface area contributed by atoms with Gasteiger partial charge in [0.2, 0.25) is 0 Å². The molecule has 2 unspecified atom stereocenters. The van der Waals surface area contributed by atoms with E-state index in [1.807, 2.05) is 25.1 Å². The molecule has 0 aliphatic heterocycles. The first kappa shape index (κ1) is 18.5. The number of carbonyl (C=O) groups excluding carboxylic acids is 1. The van der Waals surface area contributed by atoms with Crippen LogP contribution in [0.25, 0.3) is 0 Å². The van der Waals surface area contributed by atoms with Crippen molar-refractivity contribution in [3.8, 4) is 5.75 Å². The first-order chi connectivity index (χ1) is 10.2. The van der Waals surface area contributed by atoms with Gasteiger partial charge in [-0.15, -0.1) is 0 Å². The molecular weight excluding hydrogens is 276 g/mol. The Morgan fingerprint density at radius 1 is 1.18 bits per heavy atom. The summed E-state index contributed by atoms with van der Waals surface area (Å²) in [4.78, 5) is 12.6. The maximum Gasteiger partial charge on any atom is 0.310 e. The van der Waals surface area contributed by atoms with Gasteiger partial charge in [-0.05, 0) is 29.9 Å². The van der Waals surface area contributed by atoms with Crippen LogP contribution in [0.1, 0.15) is 53.0 Å². The van der Waals surface area contributed by atoms with E-state index in [4.69, 9.17) is 9.47 Å². The SMILES string of the molecule is CCOC(=O)C(C(c1ccccc1OC)C(C)C)C(C)(C)C. The quantitative estimate of drug-likeness (QED) is 0.717. The number of esters is 1. The minimum atomic E-state index is -0.219. The predicted octanol–water partition coefficient (Wildman–Crippen LogP) is 4.66. The van der Waals surface area contributed by atoms with Gasteiger partial charge >= 0.3 is 5.97 Å². The topological polar surface area (TPSA) is 35.5 Å². The summed E-state index contributed by atoms with van der Waals surface area (Å²) < 4.78 is 10.9. The Hall–Kier alpha value is -1.51. The standard InChI is InChI=1S/C19H30O3/c1-8-22-18(20)17(19(4,5)6)16(13(2)3)14-11-9-10-12-15(14)21-7/h9-13,16-17H,8H2,1-7H3. The van der Waals surface area contributed by atoms with Crippen LogP contribution in [0.15, 0.2) is 24.3 Å². The van der Waals surface area contributed by atoms with Crippen LogP contribution in [-0.2, 0) is 9.53 Å². The highest BCUT2D eigenvalue weighted by Crippen LogP contribution is 2.45. The number of methoxy groups -OCH3 is 1. The third kappa shape index (κ3) is 4.25. The van der Waals surface area contributed by atoms with Gasteiger partial charge in [0.1, 0.15) is 5.75 Å². The van der Waals surface area contributed by atoms with Crippen molar-refractivity contribution in [1.82, 2.24) is 0 Å². The number of para-hydroxylation sites is 1. The van der Waals surface area contributed by atoms with Gasteiger partial charge in [-0.2, -0.15) is 0 Å². The minimum Gasteiger partial charge on any atom is -0.496 e. The number of ether oxygens (including phenoxy) is 2. The van der Waals surface area contributed by atoms with Crippen LogP contribution in [0, 0.1) is 17.3 Å². The van der Waals surface area contributed by atoms with E-state index in [2.05, 4.69) is 40.7 Å². The summed E-state index contributed by atoms with van der Waals surface area (Å²) in [6.45, 7) is 12.8. The van der Waals surface area contributed by atoms with Gasteiger partial charge in [-0.25, -0.2) is 0 Å². The first-order valence-electron chi connectivity index (χ1n) is 8.03. The van der Waals surface area contributed by atoms with Gasteiger partial charge in [0.25, 0.3) is 0 Å². The van der Waals surface area contributed by atoms with Crippen molar-refractivity contribution in [3.05, 3.63) is 29.8 Å². The molecule has 124 valence electrons. The summed E-state index contributed by atoms with van der Waals surface area (Å²) >= 11 is 0. The molecule has 22 heavy (non-hydrogen) atoms. The lowest BCUT2D eigenvalue weighted by Crippen LogP contribution is -2.37. The van der Waals surface area contributed by atoms with Crippen molar-refractivity contribution in [2.75, 3.05) is 13.7 Å². The van der Waals surface area contributed by atoms with E-state index in [0.717, 1.165) is 11.3 Å². The number of hydrogen-bond acceptors (Lipinski definition) is 3. The van der Waals surface area contributed by atoms with Crippen molar-refractivity contribution < 1.29 is 14.3 Å². The number of rotatable bonds is 6. The Kier molecular flexibility index (Phi) is 6.46. The fourth-order valence-corrected chi connectivity index (χ4v) is 3.14. The summed E-state index contributed by atoms with van der Waals surface area (Å²) in [7, 11) is 1.67. The first-order valence-corrected chi connectivity index (χ1v) is 8.03. The molecule has 1 aromatic carbocycles. The van der Waals surface area contributed by atoms with Gasteiger partial charge in [0.05, 0.1) is 19.6 Å². The largest absolute Gasteiger partial charge is 0.496 e. The molecule has 0 aromatic heterocycles. The van der Waals surface area contributed by atoms with E-state index >= 15 is 0 Å². The van der Waals surface area contributed by atoms with E-state index in [1.54, 1.807) is 7.11 Å². The van der Waals surface area contributed by atoms with Gasteiger partial charge < -0.3 is 9.47 Å². The van der Waals surface area contributed by atoms with Gasteiger partial charge in [-0.3, -0.25) is 4.79 Å². The smallest absolute Gasteiger partial charge is 0.310 e. The second-order valence-corrected chi connectivity index (χ2v) is 7.11. The van der Waals surface area contributed by atoms with Crippen molar-refractivity contribution in [2.24, 2.45) is 17.3 Å². The summed E-state index contributed by atoms with van der Waals surface area (Å²) in [6.07, 6.45) is 0. The molecule has 2 atom stereocenters. The fourth-order valence-electron chi connectivity index (χ4n) is 3.14. The Labute approximate surface area is 135 Å². The lowest BCUT2D eigenvalue weighted by Gasteiger charge is -2.38. The second-order valence-electron chi connectivity index (χ2n) is 7.11. The lowest BCUT2D eigenvalue weighted by molar-refractivity contribution is -0.153. The summed E-state index contributed by atoms with van der Waals surface area (Å²) in [6, 6.07) is 7.96. The van der Waals surface area contributed by atoms with Crippen LogP contribution in [-0.4, -0.2) is 19.7 Å². The monoisotopic (exact) mass is 306 g/mol. The van der Waals surface area contributed by atoms with Crippen LogP contribution >= 0.6 is 0 Å². The molecule has 0 heterocycles. The Morgan fingerprint density at radius 3 is 2.23 bits per heavy atom. The molecule has 0 saturated heterocycles. The maximum absolute atomic E-state index is 12.6. The van der Waals surface area contributed by atoms with E-state index in [0.29, 0.717) is 12.5 Å². The van der Waals surface area contributed by atoms with E-state index in [1.165, 1.54) is 0 Å². The van der Waals surface area contributed by atoms with Crippen molar-refractivity contribution in [1.29, 1.82) is 0 Å². The molecule has 0 spiro atoms. The highest BCUT2D eigenvalue weighted by atomic mass is 16.5. The average molecular weight is 306 g/mol. The zero-order valence-corrected chi connectivity index (χ0v) is 15.0. The highest BCUT2D eigenvalue weighted by Gasteiger charge is 2.42. The minimum absolute atomic E-state index is 0.0511. The number of benzene rings is 1. The Morgan fingerprint density at radius 2 is 1.77 bits per heavy atom. The molecule has 1 rings (SSSR count). The molecule has 3 heteroatoms. The second kappa shape index (κ2) is 7.66. The van der Waals surface area contributed by atoms with Crippen molar-refractivity contribution >= 4 is 5.97 Å². The van der Waals surface area contributed by atoms with Crippen molar-refractivity contribution in [3.63, 3.8) is 0 Å². The molecule has 0 aliphatic carbocycles. The summed E-state index contributed by atoms with van der Waals surface area (Å²) in [5, 5.41) is 0. The van der Waals surface area contributed by atoms with Crippen LogP contribution in [0.3, 0.4) is 0 Å². The zero-order chi connectivity index (χ0) is 16.9. The Bertz CT molecular complexity index is 486. The van der Waals surface area contributed by atoms with E-state index < -0.39 is 0 Å². The maximum atomic E-state index is 12.6. The Balaban J connectivity index is 3.39. The van der Waals surface area contributed by atoms with E-state index in [9.17, 15) is 4.79 Å².